The molecule has 0 saturated heterocycles. The summed E-state index contributed by atoms with van der Waals surface area (Å²) in [6.45, 7) is -0.785. The summed E-state index contributed by atoms with van der Waals surface area (Å²) in [6.07, 6.45) is -2.83. The van der Waals surface area contributed by atoms with Crippen LogP contribution in [0, 0.1) is 5.92 Å². The number of aliphatic hydroxyl groups is 4. The monoisotopic (exact) mass is 331 g/mol. The second-order valence-electron chi connectivity index (χ2n) is 5.81. The summed E-state index contributed by atoms with van der Waals surface area (Å²) in [5.41, 5.74) is 0. The van der Waals surface area contributed by atoms with E-state index < -0.39 is 48.8 Å². The molecule has 0 bridgehead atoms. The van der Waals surface area contributed by atoms with Crippen LogP contribution < -0.4 is 5.32 Å². The number of aliphatic carboxylic acids is 1. The highest BCUT2D eigenvalue weighted by Crippen LogP contribution is 2.28. The highest BCUT2D eigenvalue weighted by atomic mass is 16.5. The predicted octanol–water partition coefficient (Wildman–Crippen LogP) is -2.29. The summed E-state index contributed by atoms with van der Waals surface area (Å²) in [7, 11) is 0. The molecule has 2 aliphatic rings. The van der Waals surface area contributed by atoms with E-state index >= 15 is 0 Å². The van der Waals surface area contributed by atoms with Crippen LogP contribution in [0.5, 0.6) is 0 Å². The van der Waals surface area contributed by atoms with Gasteiger partial charge in [0.05, 0.1) is 12.6 Å². The van der Waals surface area contributed by atoms with Crippen LogP contribution in [0.25, 0.3) is 0 Å². The quantitative estimate of drug-likeness (QED) is 0.318. The zero-order valence-corrected chi connectivity index (χ0v) is 12.3. The summed E-state index contributed by atoms with van der Waals surface area (Å²) in [4.78, 5) is 23.1. The zero-order valence-electron chi connectivity index (χ0n) is 12.3. The van der Waals surface area contributed by atoms with Crippen LogP contribution in [0.3, 0.4) is 0 Å². The first kappa shape index (κ1) is 17.7. The molecule has 9 heteroatoms. The van der Waals surface area contributed by atoms with Gasteiger partial charge in [0.1, 0.15) is 18.3 Å². The van der Waals surface area contributed by atoms with Gasteiger partial charge in [0.25, 0.3) is 0 Å². The molecule has 6 N–H and O–H groups in total. The van der Waals surface area contributed by atoms with E-state index in [1.54, 1.807) is 0 Å². The van der Waals surface area contributed by atoms with Gasteiger partial charge in [-0.3, -0.25) is 4.79 Å². The predicted molar refractivity (Wildman–Crippen MR) is 75.0 cm³/mol. The molecule has 1 saturated carbocycles. The molecule has 5 atom stereocenters. The maximum absolute atomic E-state index is 12.1. The summed E-state index contributed by atoms with van der Waals surface area (Å²) in [6, 6.07) is -1.14. The number of aliphatic hydroxyl groups excluding tert-OH is 4. The Labute approximate surface area is 132 Å². The van der Waals surface area contributed by atoms with Gasteiger partial charge in [0.2, 0.25) is 11.7 Å². The molecule has 0 aromatic rings. The molecule has 1 fully saturated rings. The molecule has 2 rings (SSSR count). The fraction of sp³-hybridized carbons (Fsp3) is 0.714. The molecule has 4 unspecified atom stereocenters. The van der Waals surface area contributed by atoms with E-state index in [4.69, 9.17) is 14.9 Å². The molecule has 9 nitrogen and oxygen atoms in total. The van der Waals surface area contributed by atoms with Crippen molar-refractivity contribution < 1.29 is 39.9 Å². The van der Waals surface area contributed by atoms with Gasteiger partial charge in [-0.1, -0.05) is 6.42 Å². The lowest BCUT2D eigenvalue weighted by atomic mass is 9.84. The molecule has 0 radical (unpaired) electrons. The molecular formula is C14H21NO8. The minimum absolute atomic E-state index is 0.187. The van der Waals surface area contributed by atoms with Crippen LogP contribution in [0.2, 0.25) is 0 Å². The van der Waals surface area contributed by atoms with Gasteiger partial charge in [-0.15, -0.1) is 0 Å². The highest BCUT2D eigenvalue weighted by Gasteiger charge is 2.44. The number of hydrogen-bond donors (Lipinski definition) is 6. The Hall–Kier alpha value is -1.68. The van der Waals surface area contributed by atoms with E-state index in [9.17, 15) is 24.9 Å². The lowest BCUT2D eigenvalue weighted by Crippen LogP contribution is -2.61. The standard InChI is InChI=1S/C14H21NO8/c16-5-8(18)11(19)12-10(15-13(20)6-2-1-3-6)7(17)4-9(23-12)14(21)22/h4,6-8,10-12,16-19H,1-3,5H2,(H,15,20)(H,21,22)/t7-,8?,10?,11?,12?/m1/s1. The number of nitrogens with one attached hydrogen (secondary N) is 1. The van der Waals surface area contributed by atoms with Crippen LogP contribution in [-0.4, -0.2) is 74.5 Å². The van der Waals surface area contributed by atoms with E-state index in [1.807, 2.05) is 0 Å². The summed E-state index contributed by atoms with van der Waals surface area (Å²) in [5, 5.41) is 50.1. The van der Waals surface area contributed by atoms with Crippen LogP contribution in [-0.2, 0) is 14.3 Å². The topological polar surface area (TPSA) is 157 Å². The number of carboxylic acid groups (broad SMARTS) is 1. The number of hydrogen-bond acceptors (Lipinski definition) is 7. The van der Waals surface area contributed by atoms with E-state index in [1.165, 1.54) is 0 Å². The first-order chi connectivity index (χ1) is 10.8. The fourth-order valence-corrected chi connectivity index (χ4v) is 2.56. The molecule has 1 amide bonds. The largest absolute Gasteiger partial charge is 0.478 e. The number of carbonyl (C=O) groups excluding carboxylic acids is 1. The van der Waals surface area contributed by atoms with Crippen molar-refractivity contribution in [2.45, 2.75) is 49.7 Å². The van der Waals surface area contributed by atoms with E-state index in [0.29, 0.717) is 0 Å². The summed E-state index contributed by atoms with van der Waals surface area (Å²) < 4.78 is 5.11. The van der Waals surface area contributed by atoms with E-state index in [2.05, 4.69) is 5.32 Å². The third kappa shape index (κ3) is 3.81. The second kappa shape index (κ2) is 7.26. The Morgan fingerprint density at radius 2 is 2.00 bits per heavy atom. The minimum atomic E-state index is -1.69. The SMILES string of the molecule is O=C(O)C1=C[C@@H](O)C(NC(=O)C2CCC2)C(C(O)C(O)CO)O1. The Morgan fingerprint density at radius 1 is 1.35 bits per heavy atom. The average Bonchev–Trinajstić information content (AvgIpc) is 2.45. The van der Waals surface area contributed by atoms with Gasteiger partial charge < -0.3 is 35.6 Å². The van der Waals surface area contributed by atoms with Crippen molar-refractivity contribution in [3.05, 3.63) is 11.8 Å². The highest BCUT2D eigenvalue weighted by molar-refractivity contribution is 5.85. The molecule has 0 spiro atoms. The minimum Gasteiger partial charge on any atom is -0.478 e. The van der Waals surface area contributed by atoms with Crippen molar-refractivity contribution in [1.82, 2.24) is 5.32 Å². The number of rotatable bonds is 6. The van der Waals surface area contributed by atoms with Gasteiger partial charge in [-0.05, 0) is 18.9 Å². The van der Waals surface area contributed by atoms with Crippen molar-refractivity contribution in [2.24, 2.45) is 5.92 Å². The Bertz CT molecular complexity index is 489. The Kier molecular flexibility index (Phi) is 5.58. The Morgan fingerprint density at radius 3 is 2.48 bits per heavy atom. The maximum atomic E-state index is 12.1. The Balaban J connectivity index is 2.19. The van der Waals surface area contributed by atoms with Gasteiger partial charge in [0, 0.05) is 5.92 Å². The average molecular weight is 331 g/mol. The van der Waals surface area contributed by atoms with E-state index in [0.717, 1.165) is 25.3 Å². The molecule has 0 aromatic carbocycles. The maximum Gasteiger partial charge on any atom is 0.370 e. The van der Waals surface area contributed by atoms with Crippen LogP contribution in [0.15, 0.2) is 11.8 Å². The van der Waals surface area contributed by atoms with E-state index in [-0.39, 0.29) is 11.8 Å². The number of carboxylic acids is 1. The molecule has 23 heavy (non-hydrogen) atoms. The first-order valence-corrected chi connectivity index (χ1v) is 7.42. The van der Waals surface area contributed by atoms with Gasteiger partial charge in [-0.2, -0.15) is 0 Å². The number of amides is 1. The molecule has 130 valence electrons. The fourth-order valence-electron chi connectivity index (χ4n) is 2.56. The number of carbonyl (C=O) groups is 2. The molecular weight excluding hydrogens is 310 g/mol. The van der Waals surface area contributed by atoms with Gasteiger partial charge in [0.15, 0.2) is 6.10 Å². The molecule has 1 aliphatic carbocycles. The van der Waals surface area contributed by atoms with Crippen molar-refractivity contribution in [2.75, 3.05) is 6.61 Å². The lowest BCUT2D eigenvalue weighted by Gasteiger charge is -2.39. The molecule has 1 heterocycles. The van der Waals surface area contributed by atoms with Crippen LogP contribution >= 0.6 is 0 Å². The molecule has 0 aromatic heterocycles. The third-order valence-corrected chi connectivity index (χ3v) is 4.22. The van der Waals surface area contributed by atoms with Crippen molar-refractivity contribution in [3.8, 4) is 0 Å². The third-order valence-electron chi connectivity index (χ3n) is 4.22. The molecule has 1 aliphatic heterocycles. The van der Waals surface area contributed by atoms with Crippen LogP contribution in [0.4, 0.5) is 0 Å². The van der Waals surface area contributed by atoms with Gasteiger partial charge >= 0.3 is 5.97 Å². The summed E-state index contributed by atoms with van der Waals surface area (Å²) >= 11 is 0. The summed E-state index contributed by atoms with van der Waals surface area (Å²) in [5.74, 6) is -2.57. The van der Waals surface area contributed by atoms with Gasteiger partial charge in [-0.25, -0.2) is 4.79 Å². The van der Waals surface area contributed by atoms with Crippen LogP contribution in [0.1, 0.15) is 19.3 Å². The second-order valence-corrected chi connectivity index (χ2v) is 5.81. The smallest absolute Gasteiger partial charge is 0.370 e. The zero-order chi connectivity index (χ0) is 17.1. The van der Waals surface area contributed by atoms with Crippen molar-refractivity contribution in [1.29, 1.82) is 0 Å². The number of ether oxygens (including phenoxy) is 1. The lowest BCUT2D eigenvalue weighted by molar-refractivity contribution is -0.150. The van der Waals surface area contributed by atoms with Crippen molar-refractivity contribution >= 4 is 11.9 Å². The first-order valence-electron chi connectivity index (χ1n) is 7.42. The normalized spacial score (nSPS) is 30.4. The van der Waals surface area contributed by atoms with Crippen molar-refractivity contribution in [3.63, 3.8) is 0 Å².